The molecule has 1 aromatic heterocycles. The first kappa shape index (κ1) is 16.3. The summed E-state index contributed by atoms with van der Waals surface area (Å²) < 4.78 is 0. The maximum absolute atomic E-state index is 3.66. The zero-order chi connectivity index (χ0) is 15.4. The molecule has 2 heteroatoms. The summed E-state index contributed by atoms with van der Waals surface area (Å²) in [6.07, 6.45) is 2.21. The molecule has 1 N–H and O–H groups in total. The molecule has 1 heterocycles. The van der Waals surface area contributed by atoms with E-state index < -0.39 is 0 Å². The van der Waals surface area contributed by atoms with Gasteiger partial charge in [-0.05, 0) is 69.0 Å². The molecule has 0 amide bonds. The van der Waals surface area contributed by atoms with Gasteiger partial charge < -0.3 is 5.32 Å². The molecule has 1 nitrogen and oxygen atoms in total. The Labute approximate surface area is 133 Å². The summed E-state index contributed by atoms with van der Waals surface area (Å²) >= 11 is 1.95. The molecule has 114 valence electrons. The molecule has 0 radical (unpaired) electrons. The van der Waals surface area contributed by atoms with Crippen LogP contribution >= 0.6 is 11.3 Å². The van der Waals surface area contributed by atoms with E-state index in [1.54, 1.807) is 0 Å². The highest BCUT2D eigenvalue weighted by Gasteiger charge is 2.16. The molecule has 0 saturated heterocycles. The summed E-state index contributed by atoms with van der Waals surface area (Å²) in [6, 6.07) is 9.61. The van der Waals surface area contributed by atoms with Gasteiger partial charge in [0.25, 0.3) is 0 Å². The smallest absolute Gasteiger partial charge is 0.0455 e. The van der Waals surface area contributed by atoms with Gasteiger partial charge >= 0.3 is 0 Å². The average molecular weight is 301 g/mol. The van der Waals surface area contributed by atoms with E-state index in [0.29, 0.717) is 6.04 Å². The van der Waals surface area contributed by atoms with E-state index in [4.69, 9.17) is 0 Å². The fraction of sp³-hybridized carbons (Fsp3) is 0.474. The minimum Gasteiger partial charge on any atom is -0.309 e. The number of hydrogen-bond donors (Lipinski definition) is 1. The number of aryl methyl sites for hydroxylation is 4. The molecule has 0 fully saturated rings. The molecule has 2 aromatic rings. The Morgan fingerprint density at radius 3 is 2.24 bits per heavy atom. The van der Waals surface area contributed by atoms with Gasteiger partial charge in [0.2, 0.25) is 0 Å². The molecule has 2 rings (SSSR count). The second-order valence-electron chi connectivity index (χ2n) is 5.85. The third-order valence-corrected chi connectivity index (χ3v) is 5.42. The molecule has 0 aliphatic heterocycles. The molecule has 1 aromatic carbocycles. The van der Waals surface area contributed by atoms with Gasteiger partial charge in [0.1, 0.15) is 0 Å². The Morgan fingerprint density at radius 2 is 1.71 bits per heavy atom. The van der Waals surface area contributed by atoms with Crippen molar-refractivity contribution >= 4 is 11.3 Å². The van der Waals surface area contributed by atoms with Crippen LogP contribution in [0.15, 0.2) is 24.3 Å². The molecule has 1 unspecified atom stereocenters. The quantitative estimate of drug-likeness (QED) is 0.780. The van der Waals surface area contributed by atoms with Gasteiger partial charge in [0.15, 0.2) is 0 Å². The maximum atomic E-state index is 3.66. The standard InChI is InChI=1S/C19H27NS/c1-6-16-8-9-19(21-16)18(20-7-2)12-17-14(4)10-13(3)11-15(17)5/h8-11,18,20H,6-7,12H2,1-5H3. The minimum atomic E-state index is 0.431. The second kappa shape index (κ2) is 7.24. The van der Waals surface area contributed by atoms with Crippen molar-refractivity contribution < 1.29 is 0 Å². The minimum absolute atomic E-state index is 0.431. The first-order valence-electron chi connectivity index (χ1n) is 7.93. The van der Waals surface area contributed by atoms with Gasteiger partial charge in [-0.1, -0.05) is 31.5 Å². The Morgan fingerprint density at radius 1 is 1.05 bits per heavy atom. The normalized spacial score (nSPS) is 12.6. The summed E-state index contributed by atoms with van der Waals surface area (Å²) in [5.74, 6) is 0. The summed E-state index contributed by atoms with van der Waals surface area (Å²) in [7, 11) is 0. The van der Waals surface area contributed by atoms with Crippen LogP contribution in [0.5, 0.6) is 0 Å². The fourth-order valence-electron chi connectivity index (χ4n) is 3.03. The lowest BCUT2D eigenvalue weighted by Crippen LogP contribution is -2.22. The Bertz CT molecular complexity index is 574. The third-order valence-electron chi connectivity index (χ3n) is 4.07. The molecule has 0 saturated carbocycles. The molecule has 0 spiro atoms. The number of nitrogens with one attached hydrogen (secondary N) is 1. The van der Waals surface area contributed by atoms with Crippen LogP contribution in [0.4, 0.5) is 0 Å². The highest BCUT2D eigenvalue weighted by Crippen LogP contribution is 2.29. The van der Waals surface area contributed by atoms with Crippen molar-refractivity contribution in [3.63, 3.8) is 0 Å². The summed E-state index contributed by atoms with van der Waals surface area (Å²) in [6.45, 7) is 12.1. The molecular weight excluding hydrogens is 274 g/mol. The summed E-state index contributed by atoms with van der Waals surface area (Å²) in [4.78, 5) is 2.94. The predicted octanol–water partition coefficient (Wildman–Crippen LogP) is 5.13. The van der Waals surface area contributed by atoms with E-state index in [0.717, 1.165) is 19.4 Å². The van der Waals surface area contributed by atoms with Gasteiger partial charge in [0.05, 0.1) is 0 Å². The van der Waals surface area contributed by atoms with Crippen LogP contribution in [-0.2, 0) is 12.8 Å². The van der Waals surface area contributed by atoms with Gasteiger partial charge in [-0.25, -0.2) is 0 Å². The lowest BCUT2D eigenvalue weighted by Gasteiger charge is -2.20. The second-order valence-corrected chi connectivity index (χ2v) is 7.05. The van der Waals surface area contributed by atoms with E-state index in [1.165, 1.54) is 32.0 Å². The van der Waals surface area contributed by atoms with E-state index in [-0.39, 0.29) is 0 Å². The van der Waals surface area contributed by atoms with E-state index in [2.05, 4.69) is 64.2 Å². The van der Waals surface area contributed by atoms with Crippen LogP contribution in [0.3, 0.4) is 0 Å². The molecule has 21 heavy (non-hydrogen) atoms. The average Bonchev–Trinajstić information content (AvgIpc) is 2.90. The van der Waals surface area contributed by atoms with Crippen LogP contribution < -0.4 is 5.32 Å². The highest BCUT2D eigenvalue weighted by atomic mass is 32.1. The maximum Gasteiger partial charge on any atom is 0.0455 e. The molecule has 0 aliphatic carbocycles. The first-order chi connectivity index (χ1) is 10.0. The largest absolute Gasteiger partial charge is 0.309 e. The number of benzene rings is 1. The van der Waals surface area contributed by atoms with Crippen molar-refractivity contribution in [3.05, 3.63) is 56.3 Å². The molecule has 0 bridgehead atoms. The van der Waals surface area contributed by atoms with E-state index in [9.17, 15) is 0 Å². The van der Waals surface area contributed by atoms with Crippen LogP contribution in [-0.4, -0.2) is 6.54 Å². The van der Waals surface area contributed by atoms with Gasteiger partial charge in [0, 0.05) is 15.8 Å². The van der Waals surface area contributed by atoms with Crippen LogP contribution in [0.25, 0.3) is 0 Å². The molecular formula is C19H27NS. The Hall–Kier alpha value is -1.12. The van der Waals surface area contributed by atoms with Crippen molar-refractivity contribution in [1.82, 2.24) is 5.32 Å². The Balaban J connectivity index is 2.28. The van der Waals surface area contributed by atoms with Gasteiger partial charge in [-0.3, -0.25) is 0 Å². The van der Waals surface area contributed by atoms with Crippen molar-refractivity contribution in [3.8, 4) is 0 Å². The lowest BCUT2D eigenvalue weighted by atomic mass is 9.94. The van der Waals surface area contributed by atoms with E-state index in [1.807, 2.05) is 11.3 Å². The van der Waals surface area contributed by atoms with Crippen molar-refractivity contribution in [2.75, 3.05) is 6.54 Å². The lowest BCUT2D eigenvalue weighted by molar-refractivity contribution is 0.556. The third kappa shape index (κ3) is 3.96. The Kier molecular flexibility index (Phi) is 5.60. The number of rotatable bonds is 6. The SMILES string of the molecule is CCNC(Cc1c(C)cc(C)cc1C)c1ccc(CC)s1. The number of thiophene rings is 1. The number of likely N-dealkylation sites (N-methyl/N-ethyl adjacent to an activating group) is 1. The van der Waals surface area contributed by atoms with Gasteiger partial charge in [-0.2, -0.15) is 0 Å². The zero-order valence-electron chi connectivity index (χ0n) is 13.9. The number of hydrogen-bond acceptors (Lipinski definition) is 2. The van der Waals surface area contributed by atoms with Crippen molar-refractivity contribution in [2.45, 2.75) is 53.5 Å². The summed E-state index contributed by atoms with van der Waals surface area (Å²) in [5, 5.41) is 3.66. The van der Waals surface area contributed by atoms with Crippen LogP contribution in [0.2, 0.25) is 0 Å². The highest BCUT2D eigenvalue weighted by molar-refractivity contribution is 7.12. The first-order valence-corrected chi connectivity index (χ1v) is 8.75. The van der Waals surface area contributed by atoms with Crippen LogP contribution in [0, 0.1) is 20.8 Å². The van der Waals surface area contributed by atoms with Gasteiger partial charge in [-0.15, -0.1) is 11.3 Å². The van der Waals surface area contributed by atoms with E-state index >= 15 is 0 Å². The predicted molar refractivity (Wildman–Crippen MR) is 94.5 cm³/mol. The van der Waals surface area contributed by atoms with Crippen molar-refractivity contribution in [2.24, 2.45) is 0 Å². The molecule has 0 aliphatic rings. The fourth-order valence-corrected chi connectivity index (χ4v) is 4.06. The topological polar surface area (TPSA) is 12.0 Å². The monoisotopic (exact) mass is 301 g/mol. The summed E-state index contributed by atoms with van der Waals surface area (Å²) in [5.41, 5.74) is 5.70. The zero-order valence-corrected chi connectivity index (χ0v) is 14.7. The molecule has 1 atom stereocenters. The van der Waals surface area contributed by atoms with Crippen LogP contribution in [0.1, 0.15) is 51.9 Å². The van der Waals surface area contributed by atoms with Crippen molar-refractivity contribution in [1.29, 1.82) is 0 Å².